The van der Waals surface area contributed by atoms with Gasteiger partial charge in [-0.05, 0) is 25.5 Å². The second kappa shape index (κ2) is 6.68. The second-order valence-electron chi connectivity index (χ2n) is 5.44. The van der Waals surface area contributed by atoms with Crippen molar-refractivity contribution in [2.45, 2.75) is 19.3 Å². The van der Waals surface area contributed by atoms with Gasteiger partial charge < -0.3 is 18.9 Å². The number of carbonyl (C=O) groups excluding carboxylic acids is 1. The molecule has 0 spiro atoms. The summed E-state index contributed by atoms with van der Waals surface area (Å²) in [6.07, 6.45) is 0.821. The van der Waals surface area contributed by atoms with E-state index in [4.69, 9.17) is 14.0 Å². The molecule has 2 heterocycles. The van der Waals surface area contributed by atoms with Crippen molar-refractivity contribution in [1.29, 1.82) is 0 Å². The van der Waals surface area contributed by atoms with Gasteiger partial charge in [-0.1, -0.05) is 17.3 Å². The normalized spacial score (nSPS) is 17.3. The molecule has 122 valence electrons. The molecule has 1 atom stereocenters. The molecule has 1 aromatic carbocycles. The van der Waals surface area contributed by atoms with E-state index in [1.807, 2.05) is 12.1 Å². The summed E-state index contributed by atoms with van der Waals surface area (Å²) in [5.41, 5.74) is 0. The zero-order valence-electron chi connectivity index (χ0n) is 13.2. The Bertz CT molecular complexity index is 685. The van der Waals surface area contributed by atoms with Crippen molar-refractivity contribution in [3.8, 4) is 11.5 Å². The van der Waals surface area contributed by atoms with Crippen molar-refractivity contribution in [2.75, 3.05) is 26.8 Å². The van der Waals surface area contributed by atoms with E-state index in [0.717, 1.165) is 6.42 Å². The minimum absolute atomic E-state index is 0.0179. The average molecular weight is 317 g/mol. The van der Waals surface area contributed by atoms with Gasteiger partial charge in [-0.15, -0.1) is 0 Å². The molecule has 7 nitrogen and oxygen atoms in total. The van der Waals surface area contributed by atoms with Crippen molar-refractivity contribution < 1.29 is 18.8 Å². The zero-order chi connectivity index (χ0) is 16.2. The molecule has 1 aliphatic rings. The third kappa shape index (κ3) is 3.44. The van der Waals surface area contributed by atoms with Crippen LogP contribution in [0.1, 0.15) is 24.1 Å². The minimum Gasteiger partial charge on any atom is -0.493 e. The van der Waals surface area contributed by atoms with Gasteiger partial charge in [0, 0.05) is 13.1 Å². The molecule has 0 radical (unpaired) electrons. The first kappa shape index (κ1) is 15.3. The molecule has 0 aliphatic carbocycles. The van der Waals surface area contributed by atoms with Crippen LogP contribution in [0.4, 0.5) is 0 Å². The lowest BCUT2D eigenvalue weighted by Gasteiger charge is -2.17. The van der Waals surface area contributed by atoms with E-state index in [2.05, 4.69) is 10.1 Å². The van der Waals surface area contributed by atoms with Gasteiger partial charge in [0.25, 0.3) is 5.91 Å². The SMILES string of the molecule is COc1ccccc1OCC(=O)N1CC[C@@H](c2nc(C)no2)C1. The number of hydrogen-bond donors (Lipinski definition) is 0. The molecule has 1 aliphatic heterocycles. The highest BCUT2D eigenvalue weighted by atomic mass is 16.5. The topological polar surface area (TPSA) is 77.7 Å². The maximum absolute atomic E-state index is 12.3. The maximum Gasteiger partial charge on any atom is 0.260 e. The molecule has 0 N–H and O–H groups in total. The fourth-order valence-corrected chi connectivity index (χ4v) is 2.64. The number of methoxy groups -OCH3 is 1. The van der Waals surface area contributed by atoms with Crippen molar-refractivity contribution in [3.05, 3.63) is 36.0 Å². The number of benzene rings is 1. The Balaban J connectivity index is 1.55. The Kier molecular flexibility index (Phi) is 4.45. The summed E-state index contributed by atoms with van der Waals surface area (Å²) >= 11 is 0. The molecule has 0 bridgehead atoms. The predicted molar refractivity (Wildman–Crippen MR) is 81.5 cm³/mol. The van der Waals surface area contributed by atoms with E-state index >= 15 is 0 Å². The van der Waals surface area contributed by atoms with Gasteiger partial charge in [-0.2, -0.15) is 4.98 Å². The highest BCUT2D eigenvalue weighted by Crippen LogP contribution is 2.27. The number of aromatic nitrogens is 2. The number of aryl methyl sites for hydroxylation is 1. The van der Waals surface area contributed by atoms with Gasteiger partial charge in [0.15, 0.2) is 23.9 Å². The number of likely N-dealkylation sites (tertiary alicyclic amines) is 1. The lowest BCUT2D eigenvalue weighted by molar-refractivity contribution is -0.132. The number of amides is 1. The predicted octanol–water partition coefficient (Wildman–Crippen LogP) is 1.78. The number of hydrogen-bond acceptors (Lipinski definition) is 6. The molecule has 3 rings (SSSR count). The minimum atomic E-state index is -0.0605. The summed E-state index contributed by atoms with van der Waals surface area (Å²) in [5, 5.41) is 3.80. The van der Waals surface area contributed by atoms with Crippen LogP contribution < -0.4 is 9.47 Å². The molecule has 2 aromatic rings. The average Bonchev–Trinajstić information content (AvgIpc) is 3.21. The summed E-state index contributed by atoms with van der Waals surface area (Å²) < 4.78 is 16.0. The first-order valence-electron chi connectivity index (χ1n) is 7.51. The summed E-state index contributed by atoms with van der Waals surface area (Å²) in [7, 11) is 1.57. The first-order valence-corrected chi connectivity index (χ1v) is 7.51. The van der Waals surface area contributed by atoms with Crippen LogP contribution in [0.15, 0.2) is 28.8 Å². The van der Waals surface area contributed by atoms with Crippen LogP contribution in [0, 0.1) is 6.92 Å². The van der Waals surface area contributed by atoms with Crippen LogP contribution in [-0.2, 0) is 4.79 Å². The van der Waals surface area contributed by atoms with E-state index in [-0.39, 0.29) is 18.4 Å². The summed E-state index contributed by atoms with van der Waals surface area (Å²) in [4.78, 5) is 18.3. The molecular formula is C16H19N3O4. The Hall–Kier alpha value is -2.57. The molecular weight excluding hydrogens is 298 g/mol. The zero-order valence-corrected chi connectivity index (χ0v) is 13.2. The van der Waals surface area contributed by atoms with Gasteiger partial charge in [0.2, 0.25) is 5.89 Å². The Morgan fingerprint density at radius 2 is 2.17 bits per heavy atom. The summed E-state index contributed by atoms with van der Waals surface area (Å²) in [5.74, 6) is 2.43. The quantitative estimate of drug-likeness (QED) is 0.836. The van der Waals surface area contributed by atoms with E-state index in [1.165, 1.54) is 0 Å². The number of para-hydroxylation sites is 2. The van der Waals surface area contributed by atoms with Gasteiger partial charge in [-0.3, -0.25) is 4.79 Å². The number of rotatable bonds is 5. The van der Waals surface area contributed by atoms with Gasteiger partial charge in [0.1, 0.15) is 0 Å². The van der Waals surface area contributed by atoms with E-state index in [9.17, 15) is 4.79 Å². The maximum atomic E-state index is 12.3. The van der Waals surface area contributed by atoms with Crippen molar-refractivity contribution >= 4 is 5.91 Å². The monoisotopic (exact) mass is 317 g/mol. The lowest BCUT2D eigenvalue weighted by Crippen LogP contribution is -2.32. The largest absolute Gasteiger partial charge is 0.493 e. The number of carbonyl (C=O) groups is 1. The van der Waals surface area contributed by atoms with E-state index in [1.54, 1.807) is 31.1 Å². The molecule has 0 saturated carbocycles. The standard InChI is InChI=1S/C16H19N3O4/c1-11-17-16(23-18-11)12-7-8-19(9-12)15(20)10-22-14-6-4-3-5-13(14)21-2/h3-6,12H,7-10H2,1-2H3/t12-/m1/s1. The molecule has 1 saturated heterocycles. The van der Waals surface area contributed by atoms with Crippen molar-refractivity contribution in [3.63, 3.8) is 0 Å². The van der Waals surface area contributed by atoms with Crippen LogP contribution >= 0.6 is 0 Å². The Morgan fingerprint density at radius 3 is 2.87 bits per heavy atom. The lowest BCUT2D eigenvalue weighted by atomic mass is 10.1. The van der Waals surface area contributed by atoms with Crippen LogP contribution in [0.5, 0.6) is 11.5 Å². The van der Waals surface area contributed by atoms with Gasteiger partial charge in [-0.25, -0.2) is 0 Å². The molecule has 1 amide bonds. The van der Waals surface area contributed by atoms with Crippen LogP contribution in [-0.4, -0.2) is 47.8 Å². The van der Waals surface area contributed by atoms with Crippen LogP contribution in [0.3, 0.4) is 0 Å². The van der Waals surface area contributed by atoms with E-state index < -0.39 is 0 Å². The second-order valence-corrected chi connectivity index (χ2v) is 5.44. The molecule has 1 fully saturated rings. The third-order valence-electron chi connectivity index (χ3n) is 3.85. The van der Waals surface area contributed by atoms with E-state index in [0.29, 0.717) is 36.3 Å². The molecule has 0 unspecified atom stereocenters. The van der Waals surface area contributed by atoms with Crippen molar-refractivity contribution in [1.82, 2.24) is 15.0 Å². The summed E-state index contributed by atoms with van der Waals surface area (Å²) in [6, 6.07) is 7.26. The van der Waals surface area contributed by atoms with Gasteiger partial charge >= 0.3 is 0 Å². The smallest absolute Gasteiger partial charge is 0.260 e. The Morgan fingerprint density at radius 1 is 1.39 bits per heavy atom. The third-order valence-corrected chi connectivity index (χ3v) is 3.85. The van der Waals surface area contributed by atoms with Crippen LogP contribution in [0.25, 0.3) is 0 Å². The molecule has 1 aromatic heterocycles. The van der Waals surface area contributed by atoms with Crippen LogP contribution in [0.2, 0.25) is 0 Å². The number of nitrogens with zero attached hydrogens (tertiary/aromatic N) is 3. The Labute approximate surface area is 134 Å². The highest BCUT2D eigenvalue weighted by molar-refractivity contribution is 5.78. The highest BCUT2D eigenvalue weighted by Gasteiger charge is 2.31. The number of ether oxygens (including phenoxy) is 2. The fraction of sp³-hybridized carbons (Fsp3) is 0.438. The fourth-order valence-electron chi connectivity index (χ4n) is 2.64. The van der Waals surface area contributed by atoms with Gasteiger partial charge in [0.05, 0.1) is 13.0 Å². The van der Waals surface area contributed by atoms with Crippen molar-refractivity contribution in [2.24, 2.45) is 0 Å². The molecule has 7 heteroatoms. The first-order chi connectivity index (χ1) is 11.2. The summed E-state index contributed by atoms with van der Waals surface area (Å²) in [6.45, 7) is 3.01. The molecule has 23 heavy (non-hydrogen) atoms.